The summed E-state index contributed by atoms with van der Waals surface area (Å²) >= 11 is 0. The van der Waals surface area contributed by atoms with E-state index in [2.05, 4.69) is 10.0 Å². The van der Waals surface area contributed by atoms with Gasteiger partial charge in [-0.15, -0.1) is 0 Å². The van der Waals surface area contributed by atoms with Crippen molar-refractivity contribution in [3.63, 3.8) is 0 Å². The second kappa shape index (κ2) is 6.95. The van der Waals surface area contributed by atoms with E-state index in [1.165, 1.54) is 32.4 Å². The minimum Gasteiger partial charge on any atom is -0.493 e. The van der Waals surface area contributed by atoms with Crippen molar-refractivity contribution in [1.29, 1.82) is 0 Å². The van der Waals surface area contributed by atoms with Crippen molar-refractivity contribution in [2.45, 2.75) is 17.9 Å². The predicted octanol–water partition coefficient (Wildman–Crippen LogP) is 2.36. The third kappa shape index (κ3) is 3.61. The quantitative estimate of drug-likeness (QED) is 0.804. The summed E-state index contributed by atoms with van der Waals surface area (Å²) in [6.07, 6.45) is -0.652. The van der Waals surface area contributed by atoms with Crippen molar-refractivity contribution in [3.05, 3.63) is 36.1 Å². The van der Waals surface area contributed by atoms with E-state index in [4.69, 9.17) is 14.2 Å². The van der Waals surface area contributed by atoms with Gasteiger partial charge in [-0.3, -0.25) is 9.52 Å². The summed E-state index contributed by atoms with van der Waals surface area (Å²) in [6.45, 7) is 1.59. The third-order valence-corrected chi connectivity index (χ3v) is 5.29. The molecule has 0 aromatic heterocycles. The highest BCUT2D eigenvalue weighted by Crippen LogP contribution is 2.35. The Morgan fingerprint density at radius 1 is 1.15 bits per heavy atom. The number of methoxy groups -OCH3 is 2. The lowest BCUT2D eigenvalue weighted by Gasteiger charge is -2.23. The number of sulfonamides is 1. The van der Waals surface area contributed by atoms with Gasteiger partial charge in [0, 0.05) is 12.1 Å². The largest absolute Gasteiger partial charge is 0.493 e. The number of hydrogen-bond donors (Lipinski definition) is 2. The van der Waals surface area contributed by atoms with Gasteiger partial charge in [-0.25, -0.2) is 12.8 Å². The lowest BCUT2D eigenvalue weighted by Crippen LogP contribution is -2.34. The molecule has 10 heteroatoms. The van der Waals surface area contributed by atoms with Gasteiger partial charge in [0.25, 0.3) is 15.9 Å². The highest BCUT2D eigenvalue weighted by Gasteiger charge is 2.26. The molecule has 0 spiro atoms. The van der Waals surface area contributed by atoms with Crippen LogP contribution in [0, 0.1) is 5.82 Å². The van der Waals surface area contributed by atoms with Crippen LogP contribution >= 0.6 is 0 Å². The smallest absolute Gasteiger partial charge is 0.265 e. The molecule has 8 nitrogen and oxygen atoms in total. The molecule has 1 aliphatic heterocycles. The van der Waals surface area contributed by atoms with Crippen LogP contribution in [0.25, 0.3) is 0 Å². The summed E-state index contributed by atoms with van der Waals surface area (Å²) in [5.41, 5.74) is 0.437. The first-order chi connectivity index (χ1) is 12.7. The Balaban J connectivity index is 1.94. The van der Waals surface area contributed by atoms with Crippen molar-refractivity contribution in [2.24, 2.45) is 0 Å². The maximum atomic E-state index is 14.3. The second-order valence-electron chi connectivity index (χ2n) is 5.70. The average Bonchev–Trinajstić information content (AvgIpc) is 2.62. The molecule has 0 saturated carbocycles. The summed E-state index contributed by atoms with van der Waals surface area (Å²) in [6, 6.07) is 6.29. The highest BCUT2D eigenvalue weighted by molar-refractivity contribution is 7.92. The molecule has 1 atom stereocenters. The van der Waals surface area contributed by atoms with Crippen molar-refractivity contribution in [3.8, 4) is 17.2 Å². The molecule has 2 N–H and O–H groups in total. The number of rotatable bonds is 5. The third-order valence-electron chi connectivity index (χ3n) is 3.89. The SMILES string of the molecule is COc1cc(F)c(S(=O)(=O)Nc2ccc3c(c2)NC(=O)C(C)O3)cc1OC. The normalized spacial score (nSPS) is 16.0. The Kier molecular flexibility index (Phi) is 4.83. The molecule has 3 rings (SSSR count). The monoisotopic (exact) mass is 396 g/mol. The summed E-state index contributed by atoms with van der Waals surface area (Å²) in [5.74, 6) is -0.810. The van der Waals surface area contributed by atoms with E-state index < -0.39 is 26.8 Å². The number of carbonyl (C=O) groups is 1. The Morgan fingerprint density at radius 3 is 2.48 bits per heavy atom. The van der Waals surface area contributed by atoms with Gasteiger partial charge < -0.3 is 19.5 Å². The number of carbonyl (C=O) groups excluding carboxylic acids is 1. The molecule has 1 aliphatic rings. The van der Waals surface area contributed by atoms with Gasteiger partial charge in [-0.1, -0.05) is 0 Å². The molecule has 27 heavy (non-hydrogen) atoms. The number of anilines is 2. The Labute approximate surface area is 155 Å². The van der Waals surface area contributed by atoms with E-state index >= 15 is 0 Å². The van der Waals surface area contributed by atoms with Crippen LogP contribution in [0.15, 0.2) is 35.2 Å². The molecule has 1 amide bonds. The molecule has 0 fully saturated rings. The Bertz CT molecular complexity index is 1010. The first-order valence-corrected chi connectivity index (χ1v) is 9.29. The van der Waals surface area contributed by atoms with E-state index in [9.17, 15) is 17.6 Å². The second-order valence-corrected chi connectivity index (χ2v) is 7.35. The van der Waals surface area contributed by atoms with Gasteiger partial charge in [0.1, 0.15) is 16.5 Å². The lowest BCUT2D eigenvalue weighted by molar-refractivity contribution is -0.122. The molecule has 2 aromatic carbocycles. The summed E-state index contributed by atoms with van der Waals surface area (Å²) in [4.78, 5) is 11.1. The number of nitrogens with one attached hydrogen (secondary N) is 2. The summed E-state index contributed by atoms with van der Waals surface area (Å²) < 4.78 is 57.2. The number of benzene rings is 2. The van der Waals surface area contributed by atoms with Gasteiger partial charge in [-0.2, -0.15) is 0 Å². The fourth-order valence-corrected chi connectivity index (χ4v) is 3.65. The minimum atomic E-state index is -4.27. The van der Waals surface area contributed by atoms with Crippen molar-refractivity contribution in [1.82, 2.24) is 0 Å². The molecule has 0 saturated heterocycles. The molecule has 1 heterocycles. The number of fused-ring (bicyclic) bond motifs is 1. The van der Waals surface area contributed by atoms with Crippen molar-refractivity contribution < 1.29 is 31.8 Å². The number of halogens is 1. The molecule has 0 aliphatic carbocycles. The van der Waals surface area contributed by atoms with Gasteiger partial charge >= 0.3 is 0 Å². The maximum absolute atomic E-state index is 14.3. The first-order valence-electron chi connectivity index (χ1n) is 7.81. The molecule has 2 aromatic rings. The van der Waals surface area contributed by atoms with Crippen LogP contribution in [0.2, 0.25) is 0 Å². The number of hydrogen-bond acceptors (Lipinski definition) is 6. The van der Waals surface area contributed by atoms with Crippen LogP contribution in [0.4, 0.5) is 15.8 Å². The molecule has 0 bridgehead atoms. The van der Waals surface area contributed by atoms with Gasteiger partial charge in [-0.05, 0) is 25.1 Å². The maximum Gasteiger partial charge on any atom is 0.265 e. The summed E-state index contributed by atoms with van der Waals surface area (Å²) in [7, 11) is -1.64. The zero-order valence-corrected chi connectivity index (χ0v) is 15.5. The zero-order valence-electron chi connectivity index (χ0n) is 14.7. The zero-order chi connectivity index (χ0) is 19.8. The van der Waals surface area contributed by atoms with Gasteiger partial charge in [0.15, 0.2) is 17.6 Å². The molecule has 144 valence electrons. The fraction of sp³-hybridized carbons (Fsp3) is 0.235. The van der Waals surface area contributed by atoms with Crippen LogP contribution in [-0.2, 0) is 14.8 Å². The van der Waals surface area contributed by atoms with E-state index in [0.717, 1.165) is 12.1 Å². The minimum absolute atomic E-state index is 0.0664. The van der Waals surface area contributed by atoms with Crippen LogP contribution < -0.4 is 24.2 Å². The van der Waals surface area contributed by atoms with E-state index in [1.54, 1.807) is 6.92 Å². The van der Waals surface area contributed by atoms with E-state index in [-0.39, 0.29) is 23.1 Å². The van der Waals surface area contributed by atoms with Gasteiger partial charge in [0.2, 0.25) is 0 Å². The van der Waals surface area contributed by atoms with Crippen LogP contribution in [0.3, 0.4) is 0 Å². The van der Waals surface area contributed by atoms with Gasteiger partial charge in [0.05, 0.1) is 25.6 Å². The van der Waals surface area contributed by atoms with Crippen molar-refractivity contribution in [2.75, 3.05) is 24.3 Å². The molecule has 1 unspecified atom stereocenters. The fourth-order valence-electron chi connectivity index (χ4n) is 2.52. The van der Waals surface area contributed by atoms with Crippen molar-refractivity contribution >= 4 is 27.3 Å². The highest BCUT2D eigenvalue weighted by atomic mass is 32.2. The van der Waals surface area contributed by atoms with Crippen LogP contribution in [0.5, 0.6) is 17.2 Å². The topological polar surface area (TPSA) is 103 Å². The average molecular weight is 396 g/mol. The first kappa shape index (κ1) is 18.8. The van der Waals surface area contributed by atoms with E-state index in [0.29, 0.717) is 11.4 Å². The molecular weight excluding hydrogens is 379 g/mol. The molecular formula is C17H17FN2O6S. The lowest BCUT2D eigenvalue weighted by atomic mass is 10.2. The predicted molar refractivity (Wildman–Crippen MR) is 95.5 cm³/mol. The molecule has 0 radical (unpaired) electrons. The van der Waals surface area contributed by atoms with E-state index in [1.807, 2.05) is 0 Å². The standard InChI is InChI=1S/C17H17FN2O6S/c1-9-17(21)19-12-6-10(4-5-13(12)26-9)20-27(22,23)16-8-15(25-3)14(24-2)7-11(16)18/h4-9,20H,1-3H3,(H,19,21). The van der Waals surface area contributed by atoms with Crippen LogP contribution in [0.1, 0.15) is 6.92 Å². The summed E-state index contributed by atoms with van der Waals surface area (Å²) in [5, 5.41) is 2.61. The number of amides is 1. The number of ether oxygens (including phenoxy) is 3. The Morgan fingerprint density at radius 2 is 1.81 bits per heavy atom. The Hall–Kier alpha value is -3.01. The van der Waals surface area contributed by atoms with Crippen LogP contribution in [-0.4, -0.2) is 34.6 Å².